The Bertz CT molecular complexity index is 666. The lowest BCUT2D eigenvalue weighted by atomic mass is 10.0. The summed E-state index contributed by atoms with van der Waals surface area (Å²) in [6, 6.07) is 6.87. The Kier molecular flexibility index (Phi) is 4.50. The first-order chi connectivity index (χ1) is 10.5. The Labute approximate surface area is 127 Å². The second-order valence-corrected chi connectivity index (χ2v) is 4.47. The van der Waals surface area contributed by atoms with Gasteiger partial charge in [-0.3, -0.25) is 0 Å². The number of rotatable bonds is 4. The van der Waals surface area contributed by atoms with E-state index >= 15 is 0 Å². The first kappa shape index (κ1) is 15.6. The highest BCUT2D eigenvalue weighted by Crippen LogP contribution is 2.35. The molecule has 0 N–H and O–H groups in total. The van der Waals surface area contributed by atoms with Gasteiger partial charge in [0.15, 0.2) is 11.5 Å². The average Bonchev–Trinajstić information content (AvgIpc) is 2.89. The maximum absolute atomic E-state index is 12.1. The average molecular weight is 304 g/mol. The molecule has 0 unspecified atom stereocenters. The molecule has 0 radical (unpaired) electrons. The number of carbonyl (C=O) groups excluding carboxylic acids is 2. The van der Waals surface area contributed by atoms with Gasteiger partial charge in [0.05, 0.1) is 26.9 Å². The second-order valence-electron chi connectivity index (χ2n) is 4.47. The summed E-state index contributed by atoms with van der Waals surface area (Å²) >= 11 is 0. The van der Waals surface area contributed by atoms with E-state index in [9.17, 15) is 9.59 Å². The van der Waals surface area contributed by atoms with Crippen LogP contribution in [0.2, 0.25) is 0 Å². The molecule has 1 aromatic rings. The molecule has 1 aliphatic rings. The van der Waals surface area contributed by atoms with Gasteiger partial charge in [0, 0.05) is 0 Å². The quantitative estimate of drug-likeness (QED) is 0.626. The van der Waals surface area contributed by atoms with Gasteiger partial charge in [-0.25, -0.2) is 9.59 Å². The SMILES string of the molecule is COC(=O)/C(C)=C1/OC(=O)C(c2ccc(OC)cc2)=C1OC. The zero-order valence-corrected chi connectivity index (χ0v) is 12.8. The summed E-state index contributed by atoms with van der Waals surface area (Å²) in [4.78, 5) is 23.8. The van der Waals surface area contributed by atoms with Crippen LogP contribution in [0.1, 0.15) is 12.5 Å². The maximum atomic E-state index is 12.1. The van der Waals surface area contributed by atoms with Crippen LogP contribution in [0.25, 0.3) is 5.57 Å². The molecule has 0 aliphatic carbocycles. The summed E-state index contributed by atoms with van der Waals surface area (Å²) < 4.78 is 20.2. The molecule has 0 spiro atoms. The molecule has 1 aliphatic heterocycles. The van der Waals surface area contributed by atoms with Gasteiger partial charge in [0.25, 0.3) is 0 Å². The fourth-order valence-corrected chi connectivity index (χ4v) is 2.09. The van der Waals surface area contributed by atoms with E-state index < -0.39 is 11.9 Å². The third-order valence-electron chi connectivity index (χ3n) is 3.25. The van der Waals surface area contributed by atoms with Crippen molar-refractivity contribution in [2.45, 2.75) is 6.92 Å². The van der Waals surface area contributed by atoms with Crippen LogP contribution in [0.15, 0.2) is 41.4 Å². The normalized spacial score (nSPS) is 16.3. The predicted octanol–water partition coefficient (Wildman–Crippen LogP) is 2.06. The molecular formula is C16H16O6. The molecule has 0 aromatic heterocycles. The molecule has 1 heterocycles. The summed E-state index contributed by atoms with van der Waals surface area (Å²) in [6.45, 7) is 1.50. The van der Waals surface area contributed by atoms with Gasteiger partial charge in [0.1, 0.15) is 11.3 Å². The van der Waals surface area contributed by atoms with E-state index in [1.165, 1.54) is 21.1 Å². The Hall–Kier alpha value is -2.76. The first-order valence-electron chi connectivity index (χ1n) is 6.47. The molecule has 0 bridgehead atoms. The fourth-order valence-electron chi connectivity index (χ4n) is 2.09. The van der Waals surface area contributed by atoms with Gasteiger partial charge < -0.3 is 18.9 Å². The minimum Gasteiger partial charge on any atom is -0.497 e. The van der Waals surface area contributed by atoms with Crippen molar-refractivity contribution in [3.63, 3.8) is 0 Å². The van der Waals surface area contributed by atoms with Crippen LogP contribution in [-0.2, 0) is 23.8 Å². The molecule has 6 nitrogen and oxygen atoms in total. The van der Waals surface area contributed by atoms with Crippen molar-refractivity contribution in [1.82, 2.24) is 0 Å². The molecule has 0 atom stereocenters. The second kappa shape index (κ2) is 6.34. The number of ether oxygens (including phenoxy) is 4. The van der Waals surface area contributed by atoms with Crippen LogP contribution >= 0.6 is 0 Å². The van der Waals surface area contributed by atoms with Gasteiger partial charge in [-0.2, -0.15) is 0 Å². The van der Waals surface area contributed by atoms with Crippen LogP contribution < -0.4 is 4.74 Å². The highest BCUT2D eigenvalue weighted by atomic mass is 16.6. The minimum absolute atomic E-state index is 0.0742. The van der Waals surface area contributed by atoms with Crippen molar-refractivity contribution in [2.75, 3.05) is 21.3 Å². The van der Waals surface area contributed by atoms with Gasteiger partial charge in [-0.1, -0.05) is 12.1 Å². The number of benzene rings is 1. The number of cyclic esters (lactones) is 1. The minimum atomic E-state index is -0.590. The van der Waals surface area contributed by atoms with Gasteiger partial charge in [0.2, 0.25) is 0 Å². The Balaban J connectivity index is 2.55. The summed E-state index contributed by atoms with van der Waals surface area (Å²) in [5.74, 6) is -0.229. The number of esters is 2. The molecule has 1 aromatic carbocycles. The Morgan fingerprint density at radius 2 is 1.68 bits per heavy atom. The highest BCUT2D eigenvalue weighted by Gasteiger charge is 2.35. The van der Waals surface area contributed by atoms with Gasteiger partial charge >= 0.3 is 11.9 Å². The molecule has 0 saturated heterocycles. The van der Waals surface area contributed by atoms with Crippen molar-refractivity contribution >= 4 is 17.5 Å². The van der Waals surface area contributed by atoms with Crippen molar-refractivity contribution in [1.29, 1.82) is 0 Å². The fraction of sp³-hybridized carbons (Fsp3) is 0.250. The molecule has 6 heteroatoms. The number of methoxy groups -OCH3 is 3. The third kappa shape index (κ3) is 2.67. The van der Waals surface area contributed by atoms with E-state index in [0.29, 0.717) is 11.3 Å². The first-order valence-corrected chi connectivity index (χ1v) is 6.47. The maximum Gasteiger partial charge on any atom is 0.348 e. The van der Waals surface area contributed by atoms with Crippen LogP contribution in [0.3, 0.4) is 0 Å². The predicted molar refractivity (Wildman–Crippen MR) is 77.7 cm³/mol. The molecule has 2 rings (SSSR count). The molecular weight excluding hydrogens is 288 g/mol. The van der Waals surface area contributed by atoms with Crippen molar-refractivity contribution in [3.05, 3.63) is 46.9 Å². The molecule has 0 fully saturated rings. The number of carbonyl (C=O) groups is 2. The van der Waals surface area contributed by atoms with Gasteiger partial charge in [-0.05, 0) is 24.6 Å². The van der Waals surface area contributed by atoms with E-state index in [1.807, 2.05) is 0 Å². The van der Waals surface area contributed by atoms with Crippen molar-refractivity contribution in [3.8, 4) is 5.75 Å². The van der Waals surface area contributed by atoms with E-state index in [0.717, 1.165) is 0 Å². The topological polar surface area (TPSA) is 71.1 Å². The summed E-state index contributed by atoms with van der Waals surface area (Å²) in [7, 11) is 4.22. The van der Waals surface area contributed by atoms with E-state index in [-0.39, 0.29) is 22.7 Å². The summed E-state index contributed by atoms with van der Waals surface area (Å²) in [6.07, 6.45) is 0. The summed E-state index contributed by atoms with van der Waals surface area (Å²) in [5, 5.41) is 0. The van der Waals surface area contributed by atoms with Crippen molar-refractivity contribution < 1.29 is 28.5 Å². The number of hydrogen-bond acceptors (Lipinski definition) is 6. The van der Waals surface area contributed by atoms with E-state index in [4.69, 9.17) is 14.2 Å². The van der Waals surface area contributed by atoms with E-state index in [2.05, 4.69) is 4.74 Å². The highest BCUT2D eigenvalue weighted by molar-refractivity contribution is 6.21. The molecule has 116 valence electrons. The lowest BCUT2D eigenvalue weighted by Crippen LogP contribution is -2.07. The third-order valence-corrected chi connectivity index (χ3v) is 3.25. The molecule has 22 heavy (non-hydrogen) atoms. The Morgan fingerprint density at radius 1 is 1.05 bits per heavy atom. The van der Waals surface area contributed by atoms with Crippen molar-refractivity contribution in [2.24, 2.45) is 0 Å². The Morgan fingerprint density at radius 3 is 2.18 bits per heavy atom. The standard InChI is InChI=1S/C16H16O6/c1-9(15(17)21-4)13-14(20-3)12(16(18)22-13)10-5-7-11(19-2)8-6-10/h5-8H,1-4H3/b13-9+. The van der Waals surface area contributed by atoms with Crippen LogP contribution in [0.5, 0.6) is 5.75 Å². The zero-order valence-electron chi connectivity index (χ0n) is 12.8. The van der Waals surface area contributed by atoms with Crippen LogP contribution in [-0.4, -0.2) is 33.3 Å². The summed E-state index contributed by atoms with van der Waals surface area (Å²) in [5.41, 5.74) is 1.02. The zero-order chi connectivity index (χ0) is 16.3. The largest absolute Gasteiger partial charge is 0.497 e. The number of hydrogen-bond donors (Lipinski definition) is 0. The van der Waals surface area contributed by atoms with E-state index in [1.54, 1.807) is 31.4 Å². The van der Waals surface area contributed by atoms with Crippen LogP contribution in [0, 0.1) is 0 Å². The monoisotopic (exact) mass is 304 g/mol. The smallest absolute Gasteiger partial charge is 0.348 e. The lowest BCUT2D eigenvalue weighted by Gasteiger charge is -2.07. The lowest BCUT2D eigenvalue weighted by molar-refractivity contribution is -0.136. The molecule has 0 saturated carbocycles. The van der Waals surface area contributed by atoms with Crippen LogP contribution in [0.4, 0.5) is 0 Å². The van der Waals surface area contributed by atoms with Gasteiger partial charge in [-0.15, -0.1) is 0 Å². The molecule has 0 amide bonds.